The third kappa shape index (κ3) is 3.34. The molecule has 3 aromatic rings. The van der Waals surface area contributed by atoms with Crippen molar-refractivity contribution in [3.8, 4) is 0 Å². The lowest BCUT2D eigenvalue weighted by Gasteiger charge is -2.25. The van der Waals surface area contributed by atoms with E-state index < -0.39 is 29.2 Å². The van der Waals surface area contributed by atoms with Crippen molar-refractivity contribution in [1.82, 2.24) is 0 Å². The normalized spacial score (nSPS) is 18.7. The predicted molar refractivity (Wildman–Crippen MR) is 108 cm³/mol. The highest BCUT2D eigenvalue weighted by atomic mass is 19.4. The second-order valence-corrected chi connectivity index (χ2v) is 7.20. The van der Waals surface area contributed by atoms with Crippen molar-refractivity contribution in [2.75, 3.05) is 4.90 Å². The number of halogens is 3. The average Bonchev–Trinajstić information content (AvgIpc) is 2.95. The topological polar surface area (TPSA) is 77.8 Å². The van der Waals surface area contributed by atoms with Crippen LogP contribution in [-0.4, -0.2) is 28.3 Å². The summed E-state index contributed by atoms with van der Waals surface area (Å²) < 4.78 is 41.5. The monoisotopic (exact) mass is 427 g/mol. The second kappa shape index (κ2) is 7.24. The number of hydrogen-bond acceptors (Lipinski definition) is 3. The number of anilines is 1. The van der Waals surface area contributed by atoms with Crippen molar-refractivity contribution in [2.24, 2.45) is 0 Å². The molecule has 8 heteroatoms. The smallest absolute Gasteiger partial charge is 0.430 e. The van der Waals surface area contributed by atoms with Crippen LogP contribution in [-0.2, 0) is 21.7 Å². The highest BCUT2D eigenvalue weighted by Crippen LogP contribution is 2.51. The lowest BCUT2D eigenvalue weighted by Crippen LogP contribution is -2.50. The molecule has 0 aliphatic carbocycles. The van der Waals surface area contributed by atoms with Crippen LogP contribution in [0.25, 0.3) is 16.8 Å². The molecule has 158 valence electrons. The molecule has 1 heterocycles. The fraction of sp³-hybridized carbons (Fsp3) is 0.130. The first-order valence-corrected chi connectivity index (χ1v) is 9.26. The molecule has 31 heavy (non-hydrogen) atoms. The first kappa shape index (κ1) is 20.6. The fourth-order valence-electron chi connectivity index (χ4n) is 3.81. The van der Waals surface area contributed by atoms with Gasteiger partial charge in [0.25, 0.3) is 11.5 Å². The number of fused-ring (bicyclic) bond motifs is 2. The Bertz CT molecular complexity index is 1230. The minimum atomic E-state index is -5.26. The first-order chi connectivity index (χ1) is 14.6. The second-order valence-electron chi connectivity index (χ2n) is 7.20. The Morgan fingerprint density at radius 1 is 1.03 bits per heavy atom. The van der Waals surface area contributed by atoms with E-state index in [1.165, 1.54) is 12.1 Å². The number of hydrogen-bond donors (Lipinski definition) is 2. The van der Waals surface area contributed by atoms with Crippen molar-refractivity contribution in [2.45, 2.75) is 18.3 Å². The van der Waals surface area contributed by atoms with Gasteiger partial charge in [0, 0.05) is 11.6 Å². The number of carboxylic acids is 1. The number of carbonyl (C=O) groups excluding carboxylic acids is 1. The third-order valence-corrected chi connectivity index (χ3v) is 5.25. The lowest BCUT2D eigenvalue weighted by atomic mass is 9.93. The molecule has 1 aliphatic heterocycles. The molecule has 2 N–H and O–H groups in total. The Morgan fingerprint density at radius 2 is 1.74 bits per heavy atom. The first-order valence-electron chi connectivity index (χ1n) is 9.26. The number of rotatable bonds is 4. The highest BCUT2D eigenvalue weighted by molar-refractivity contribution is 6.09. The van der Waals surface area contributed by atoms with Gasteiger partial charge in [-0.1, -0.05) is 54.6 Å². The summed E-state index contributed by atoms with van der Waals surface area (Å²) >= 11 is 0. The summed E-state index contributed by atoms with van der Waals surface area (Å²) in [6.45, 7) is -0.229. The van der Waals surface area contributed by atoms with Crippen LogP contribution in [0.2, 0.25) is 0 Å². The zero-order valence-electron chi connectivity index (χ0n) is 15.9. The summed E-state index contributed by atoms with van der Waals surface area (Å²) in [6, 6.07) is 16.3. The Morgan fingerprint density at radius 3 is 2.42 bits per heavy atom. The minimum Gasteiger partial charge on any atom is -0.478 e. The molecule has 0 spiro atoms. The molecule has 0 bridgehead atoms. The molecule has 1 amide bonds. The summed E-state index contributed by atoms with van der Waals surface area (Å²) in [5.41, 5.74) is -3.88. The number of carboxylic acid groups (broad SMARTS) is 1. The zero-order valence-corrected chi connectivity index (χ0v) is 15.9. The van der Waals surface area contributed by atoms with Crippen molar-refractivity contribution in [1.29, 1.82) is 0 Å². The summed E-state index contributed by atoms with van der Waals surface area (Å²) in [5, 5.41) is 21.2. The van der Waals surface area contributed by atoms with Gasteiger partial charge in [-0.25, -0.2) is 4.79 Å². The number of amides is 1. The Balaban J connectivity index is 1.86. The molecular weight excluding hydrogens is 411 g/mol. The van der Waals surface area contributed by atoms with E-state index >= 15 is 0 Å². The maximum absolute atomic E-state index is 13.8. The molecule has 1 aliphatic rings. The molecule has 3 aromatic carbocycles. The van der Waals surface area contributed by atoms with Crippen molar-refractivity contribution >= 4 is 34.4 Å². The number of para-hydroxylation sites is 1. The summed E-state index contributed by atoms with van der Waals surface area (Å²) in [5.74, 6) is -2.83. The number of benzene rings is 3. The van der Waals surface area contributed by atoms with E-state index in [1.807, 2.05) is 24.3 Å². The molecule has 5 nitrogen and oxygen atoms in total. The van der Waals surface area contributed by atoms with E-state index in [0.717, 1.165) is 33.9 Å². The van der Waals surface area contributed by atoms with E-state index in [2.05, 4.69) is 0 Å². The minimum absolute atomic E-state index is 0.0780. The number of carbonyl (C=O) groups is 2. The third-order valence-electron chi connectivity index (χ3n) is 5.25. The maximum Gasteiger partial charge on any atom is 0.430 e. The van der Waals surface area contributed by atoms with E-state index in [9.17, 15) is 27.9 Å². The zero-order chi connectivity index (χ0) is 22.4. The Hall–Kier alpha value is -3.65. The van der Waals surface area contributed by atoms with Gasteiger partial charge in [-0.05, 0) is 34.0 Å². The van der Waals surface area contributed by atoms with Gasteiger partial charge in [0.15, 0.2) is 0 Å². The van der Waals surface area contributed by atoms with Gasteiger partial charge in [0.1, 0.15) is 0 Å². The van der Waals surface area contributed by atoms with Gasteiger partial charge in [-0.15, -0.1) is 0 Å². The van der Waals surface area contributed by atoms with Crippen molar-refractivity contribution < 1.29 is 33.0 Å². The van der Waals surface area contributed by atoms with Crippen LogP contribution < -0.4 is 4.90 Å². The SMILES string of the molecule is O=C(O)/C=C/c1cccc2c1N(Cc1ccc3ccccc3c1)C(=O)C2(O)C(F)(F)F. The molecule has 0 fully saturated rings. The molecular formula is C23H16F3NO4. The number of alkyl halides is 3. The molecule has 0 saturated heterocycles. The number of nitrogens with zero attached hydrogens (tertiary/aromatic N) is 1. The molecule has 4 rings (SSSR count). The molecule has 0 saturated carbocycles. The van der Waals surface area contributed by atoms with Crippen LogP contribution in [0.1, 0.15) is 16.7 Å². The van der Waals surface area contributed by atoms with Gasteiger partial charge in [0.05, 0.1) is 12.2 Å². The summed E-state index contributed by atoms with van der Waals surface area (Å²) in [6.07, 6.45) is -3.39. The largest absolute Gasteiger partial charge is 0.478 e. The van der Waals surface area contributed by atoms with E-state index in [4.69, 9.17) is 5.11 Å². The lowest BCUT2D eigenvalue weighted by molar-refractivity contribution is -0.253. The maximum atomic E-state index is 13.8. The molecule has 0 aromatic heterocycles. The number of aliphatic hydroxyl groups is 1. The van der Waals surface area contributed by atoms with Crippen LogP contribution in [0.5, 0.6) is 0 Å². The van der Waals surface area contributed by atoms with Crippen LogP contribution in [0.3, 0.4) is 0 Å². The van der Waals surface area contributed by atoms with Gasteiger partial charge in [-0.3, -0.25) is 4.79 Å². The summed E-state index contributed by atoms with van der Waals surface area (Å²) in [7, 11) is 0. The molecule has 1 unspecified atom stereocenters. The van der Waals surface area contributed by atoms with Gasteiger partial charge >= 0.3 is 12.1 Å². The van der Waals surface area contributed by atoms with Gasteiger partial charge in [0.2, 0.25) is 0 Å². The van der Waals surface area contributed by atoms with Crippen LogP contribution in [0.4, 0.5) is 18.9 Å². The molecule has 1 atom stereocenters. The van der Waals surface area contributed by atoms with Crippen molar-refractivity contribution in [3.05, 3.63) is 83.4 Å². The highest BCUT2D eigenvalue weighted by Gasteiger charge is 2.66. The van der Waals surface area contributed by atoms with Gasteiger partial charge in [-0.2, -0.15) is 13.2 Å². The van der Waals surface area contributed by atoms with Crippen LogP contribution in [0.15, 0.2) is 66.7 Å². The summed E-state index contributed by atoms with van der Waals surface area (Å²) in [4.78, 5) is 24.7. The average molecular weight is 427 g/mol. The van der Waals surface area contributed by atoms with Crippen LogP contribution >= 0.6 is 0 Å². The predicted octanol–water partition coefficient (Wildman–Crippen LogP) is 4.23. The van der Waals surface area contributed by atoms with E-state index in [0.29, 0.717) is 5.56 Å². The standard InChI is InChI=1S/C23H16F3NO4/c24-23(25,26)22(31)18-7-3-6-16(10-11-19(28)29)20(18)27(21(22)30)13-14-8-9-15-4-1-2-5-17(15)12-14/h1-12,31H,13H2,(H,28,29)/b11-10+. The quantitative estimate of drug-likeness (QED) is 0.611. The molecule has 0 radical (unpaired) electrons. The van der Waals surface area contributed by atoms with Crippen LogP contribution in [0, 0.1) is 0 Å². The Labute approximate surface area is 174 Å². The number of aliphatic carboxylic acids is 1. The van der Waals surface area contributed by atoms with E-state index in [1.54, 1.807) is 18.2 Å². The van der Waals surface area contributed by atoms with Crippen molar-refractivity contribution in [3.63, 3.8) is 0 Å². The fourth-order valence-corrected chi connectivity index (χ4v) is 3.81. The van der Waals surface area contributed by atoms with Gasteiger partial charge < -0.3 is 15.1 Å². The Kier molecular flexibility index (Phi) is 4.82. The van der Waals surface area contributed by atoms with E-state index in [-0.39, 0.29) is 17.8 Å².